The van der Waals surface area contributed by atoms with Crippen LogP contribution >= 0.6 is 27.5 Å². The van der Waals surface area contributed by atoms with Gasteiger partial charge >= 0.3 is 0 Å². The monoisotopic (exact) mass is 259 g/mol. The number of H-pyrrole nitrogens is 1. The molecule has 0 saturated heterocycles. The summed E-state index contributed by atoms with van der Waals surface area (Å²) in [7, 11) is 0. The summed E-state index contributed by atoms with van der Waals surface area (Å²) in [4.78, 5) is 7.31. The molecule has 3 nitrogen and oxygen atoms in total. The molecule has 0 aliphatic rings. The first-order valence-electron chi connectivity index (χ1n) is 3.74. The minimum Gasteiger partial charge on any atom is -0.341 e. The highest BCUT2D eigenvalue weighted by Crippen LogP contribution is 2.26. The molecule has 13 heavy (non-hydrogen) atoms. The number of nitrogens with zero attached hydrogens (tertiary/aromatic N) is 1. The lowest BCUT2D eigenvalue weighted by atomic mass is 10.3. The molecule has 0 amide bonds. The van der Waals surface area contributed by atoms with Gasteiger partial charge in [0.25, 0.3) is 0 Å². The van der Waals surface area contributed by atoms with E-state index >= 15 is 0 Å². The van der Waals surface area contributed by atoms with Crippen molar-refractivity contribution in [2.24, 2.45) is 5.73 Å². The topological polar surface area (TPSA) is 54.7 Å². The van der Waals surface area contributed by atoms with E-state index in [1.54, 1.807) is 0 Å². The normalized spacial score (nSPS) is 11.0. The van der Waals surface area contributed by atoms with Crippen LogP contribution in [0.1, 0.15) is 5.82 Å². The van der Waals surface area contributed by atoms with E-state index in [-0.39, 0.29) is 0 Å². The van der Waals surface area contributed by atoms with E-state index in [2.05, 4.69) is 25.9 Å². The van der Waals surface area contributed by atoms with E-state index in [9.17, 15) is 0 Å². The van der Waals surface area contributed by atoms with E-state index in [4.69, 9.17) is 17.3 Å². The molecule has 1 aromatic heterocycles. The number of hydrogen-bond donors (Lipinski definition) is 2. The van der Waals surface area contributed by atoms with Gasteiger partial charge in [0.2, 0.25) is 0 Å². The van der Waals surface area contributed by atoms with Crippen LogP contribution in [0.5, 0.6) is 0 Å². The highest BCUT2D eigenvalue weighted by molar-refractivity contribution is 9.10. The summed E-state index contributed by atoms with van der Waals surface area (Å²) in [6.45, 7) is 0.391. The molecule has 0 aliphatic carbocycles. The molecular weight excluding hydrogens is 253 g/mol. The highest BCUT2D eigenvalue weighted by Gasteiger charge is 2.06. The largest absolute Gasteiger partial charge is 0.341 e. The van der Waals surface area contributed by atoms with E-state index in [0.29, 0.717) is 11.6 Å². The van der Waals surface area contributed by atoms with E-state index < -0.39 is 0 Å². The van der Waals surface area contributed by atoms with Crippen molar-refractivity contribution < 1.29 is 0 Å². The van der Waals surface area contributed by atoms with Crippen LogP contribution in [0.4, 0.5) is 0 Å². The van der Waals surface area contributed by atoms with Gasteiger partial charge in [-0.25, -0.2) is 4.98 Å². The van der Waals surface area contributed by atoms with Gasteiger partial charge in [-0.1, -0.05) is 27.5 Å². The van der Waals surface area contributed by atoms with Crippen molar-refractivity contribution in [3.8, 4) is 0 Å². The Morgan fingerprint density at radius 3 is 3.00 bits per heavy atom. The first-order valence-corrected chi connectivity index (χ1v) is 4.91. The van der Waals surface area contributed by atoms with Crippen LogP contribution in [-0.2, 0) is 6.54 Å². The zero-order valence-electron chi connectivity index (χ0n) is 6.64. The van der Waals surface area contributed by atoms with Gasteiger partial charge in [-0.3, -0.25) is 0 Å². The Labute approximate surface area is 88.4 Å². The van der Waals surface area contributed by atoms with Crippen LogP contribution in [0.2, 0.25) is 5.02 Å². The number of fused-ring (bicyclic) bond motifs is 1. The Morgan fingerprint density at radius 1 is 1.54 bits per heavy atom. The van der Waals surface area contributed by atoms with Crippen LogP contribution in [0.3, 0.4) is 0 Å². The minimum absolute atomic E-state index is 0.391. The van der Waals surface area contributed by atoms with Crippen molar-refractivity contribution in [2.45, 2.75) is 6.54 Å². The molecule has 1 aromatic carbocycles. The number of nitrogens with one attached hydrogen (secondary N) is 1. The average Bonchev–Trinajstić information content (AvgIpc) is 2.47. The summed E-state index contributed by atoms with van der Waals surface area (Å²) in [5.41, 5.74) is 7.12. The number of rotatable bonds is 1. The minimum atomic E-state index is 0.391. The fourth-order valence-electron chi connectivity index (χ4n) is 1.19. The number of halogens is 2. The summed E-state index contributed by atoms with van der Waals surface area (Å²) >= 11 is 9.33. The molecule has 0 bridgehead atoms. The number of imidazole rings is 1. The van der Waals surface area contributed by atoms with Gasteiger partial charge in [-0.05, 0) is 12.1 Å². The lowest BCUT2D eigenvalue weighted by Crippen LogP contribution is -1.97. The smallest absolute Gasteiger partial charge is 0.121 e. The van der Waals surface area contributed by atoms with Crippen molar-refractivity contribution in [1.82, 2.24) is 9.97 Å². The number of benzene rings is 1. The highest BCUT2D eigenvalue weighted by atomic mass is 79.9. The van der Waals surface area contributed by atoms with Gasteiger partial charge in [-0.15, -0.1) is 0 Å². The summed E-state index contributed by atoms with van der Waals surface area (Å²) in [6.07, 6.45) is 0. The second kappa shape index (κ2) is 3.29. The molecule has 5 heteroatoms. The zero-order chi connectivity index (χ0) is 9.42. The standard InChI is InChI=1S/C8H7BrClN3/c9-4-1-5(10)8-6(2-4)12-7(3-11)13-8/h1-2H,3,11H2,(H,12,13). The quantitative estimate of drug-likeness (QED) is 0.827. The maximum absolute atomic E-state index is 5.98. The molecule has 0 saturated carbocycles. The fraction of sp³-hybridized carbons (Fsp3) is 0.125. The lowest BCUT2D eigenvalue weighted by Gasteiger charge is -1.92. The Bertz CT molecular complexity index is 452. The Morgan fingerprint density at radius 2 is 2.31 bits per heavy atom. The second-order valence-electron chi connectivity index (χ2n) is 2.67. The number of hydrogen-bond acceptors (Lipinski definition) is 2. The molecule has 1 heterocycles. The number of nitrogens with two attached hydrogens (primary N) is 1. The molecule has 2 aromatic rings. The Kier molecular flexibility index (Phi) is 2.27. The van der Waals surface area contributed by atoms with Crippen molar-refractivity contribution in [2.75, 3.05) is 0 Å². The predicted molar refractivity (Wildman–Crippen MR) is 56.7 cm³/mol. The van der Waals surface area contributed by atoms with Crippen LogP contribution in [0.15, 0.2) is 16.6 Å². The van der Waals surface area contributed by atoms with Crippen molar-refractivity contribution >= 4 is 38.6 Å². The third-order valence-corrected chi connectivity index (χ3v) is 2.49. The molecule has 3 N–H and O–H groups in total. The molecule has 0 aliphatic heterocycles. The number of aromatic nitrogens is 2. The SMILES string of the molecule is NCc1nc2c(Cl)cc(Br)cc2[nH]1. The third-order valence-electron chi connectivity index (χ3n) is 1.75. The van der Waals surface area contributed by atoms with Gasteiger partial charge in [-0.2, -0.15) is 0 Å². The predicted octanol–water partition coefficient (Wildman–Crippen LogP) is 2.44. The maximum Gasteiger partial charge on any atom is 0.121 e. The van der Waals surface area contributed by atoms with Gasteiger partial charge in [0.05, 0.1) is 17.1 Å². The number of aromatic amines is 1. The van der Waals surface area contributed by atoms with E-state index in [1.807, 2.05) is 12.1 Å². The van der Waals surface area contributed by atoms with Crippen molar-refractivity contribution in [1.29, 1.82) is 0 Å². The Hall–Kier alpha value is -0.580. The molecule has 0 unspecified atom stereocenters. The van der Waals surface area contributed by atoms with E-state index in [0.717, 1.165) is 21.3 Å². The zero-order valence-corrected chi connectivity index (χ0v) is 8.98. The molecule has 2 rings (SSSR count). The summed E-state index contributed by atoms with van der Waals surface area (Å²) in [5.74, 6) is 0.745. The molecule has 0 fully saturated rings. The van der Waals surface area contributed by atoms with Gasteiger partial charge in [0.1, 0.15) is 11.3 Å². The van der Waals surface area contributed by atoms with Gasteiger partial charge in [0, 0.05) is 4.47 Å². The summed E-state index contributed by atoms with van der Waals surface area (Å²) in [6, 6.07) is 3.73. The lowest BCUT2D eigenvalue weighted by molar-refractivity contribution is 0.958. The van der Waals surface area contributed by atoms with Crippen LogP contribution < -0.4 is 5.73 Å². The van der Waals surface area contributed by atoms with Crippen LogP contribution in [0, 0.1) is 0 Å². The maximum atomic E-state index is 5.98. The summed E-state index contributed by atoms with van der Waals surface area (Å²) in [5, 5.41) is 0.625. The molecule has 0 atom stereocenters. The molecule has 68 valence electrons. The molecule has 0 spiro atoms. The Balaban J connectivity index is 2.75. The third kappa shape index (κ3) is 1.57. The van der Waals surface area contributed by atoms with Crippen LogP contribution in [-0.4, -0.2) is 9.97 Å². The van der Waals surface area contributed by atoms with Crippen molar-refractivity contribution in [3.05, 3.63) is 27.5 Å². The molecule has 0 radical (unpaired) electrons. The summed E-state index contributed by atoms with van der Waals surface area (Å²) < 4.78 is 0.928. The fourth-order valence-corrected chi connectivity index (χ4v) is 2.04. The van der Waals surface area contributed by atoms with E-state index in [1.165, 1.54) is 0 Å². The van der Waals surface area contributed by atoms with Crippen molar-refractivity contribution in [3.63, 3.8) is 0 Å². The second-order valence-corrected chi connectivity index (χ2v) is 3.99. The first-order chi connectivity index (χ1) is 6.20. The molecular formula is C8H7BrClN3. The van der Waals surface area contributed by atoms with Crippen LogP contribution in [0.25, 0.3) is 11.0 Å². The average molecular weight is 261 g/mol. The van der Waals surface area contributed by atoms with Gasteiger partial charge < -0.3 is 10.7 Å². The van der Waals surface area contributed by atoms with Gasteiger partial charge in [0.15, 0.2) is 0 Å². The first kappa shape index (κ1) is 8.99.